The van der Waals surface area contributed by atoms with E-state index in [0.717, 1.165) is 26.6 Å². The van der Waals surface area contributed by atoms with Crippen LogP contribution in [0.25, 0.3) is 10.9 Å². The van der Waals surface area contributed by atoms with Gasteiger partial charge in [-0.1, -0.05) is 17.7 Å². The van der Waals surface area contributed by atoms with Crippen LogP contribution in [0.4, 0.5) is 0 Å². The van der Waals surface area contributed by atoms with Crippen molar-refractivity contribution >= 4 is 44.4 Å². The highest BCUT2D eigenvalue weighted by atomic mass is 79.9. The lowest BCUT2D eigenvalue weighted by atomic mass is 10.1. The number of benzene rings is 2. The summed E-state index contributed by atoms with van der Waals surface area (Å²) in [6.45, 7) is 2.21. The zero-order chi connectivity index (χ0) is 17.3. The van der Waals surface area contributed by atoms with Crippen LogP contribution in [0.15, 0.2) is 40.9 Å². The molecule has 0 atom stereocenters. The lowest BCUT2D eigenvalue weighted by Crippen LogP contribution is -2.04. The molecule has 24 heavy (non-hydrogen) atoms. The van der Waals surface area contributed by atoms with Gasteiger partial charge in [-0.15, -0.1) is 0 Å². The Bertz CT molecular complexity index is 881. The van der Waals surface area contributed by atoms with Gasteiger partial charge in [-0.05, 0) is 58.7 Å². The second-order valence-corrected chi connectivity index (χ2v) is 6.67. The third-order valence-electron chi connectivity index (χ3n) is 3.73. The molecule has 0 saturated carbocycles. The van der Waals surface area contributed by atoms with Crippen LogP contribution in [0.5, 0.6) is 5.75 Å². The summed E-state index contributed by atoms with van der Waals surface area (Å²) in [5, 5.41) is 1.70. The monoisotopic (exact) mass is 407 g/mol. The summed E-state index contributed by atoms with van der Waals surface area (Å²) in [5.41, 5.74) is 3.21. The Morgan fingerprint density at radius 3 is 2.79 bits per heavy atom. The Kier molecular flexibility index (Phi) is 4.83. The van der Waals surface area contributed by atoms with Gasteiger partial charge in [0.25, 0.3) is 0 Å². The number of hydrogen-bond donors (Lipinski definition) is 1. The molecular weight excluding hydrogens is 394 g/mol. The van der Waals surface area contributed by atoms with Gasteiger partial charge in [-0.25, -0.2) is 4.79 Å². The van der Waals surface area contributed by atoms with Gasteiger partial charge < -0.3 is 14.5 Å². The lowest BCUT2D eigenvalue weighted by Gasteiger charge is -2.08. The lowest BCUT2D eigenvalue weighted by molar-refractivity contribution is 0.0599. The normalized spacial score (nSPS) is 10.8. The quantitative estimate of drug-likeness (QED) is 0.599. The van der Waals surface area contributed by atoms with Crippen LogP contribution >= 0.6 is 27.5 Å². The number of nitrogens with one attached hydrogen (secondary N) is 1. The Morgan fingerprint density at radius 1 is 1.25 bits per heavy atom. The SMILES string of the molecule is COC(=O)c1cc(OCc2cc3cc(Br)c(Cl)cc3[nH]2)ccc1C. The first-order valence-corrected chi connectivity index (χ1v) is 8.43. The van der Waals surface area contributed by atoms with Crippen LogP contribution in [0.3, 0.4) is 0 Å². The van der Waals surface area contributed by atoms with Gasteiger partial charge in [0.15, 0.2) is 0 Å². The van der Waals surface area contributed by atoms with E-state index in [9.17, 15) is 4.79 Å². The second-order valence-electron chi connectivity index (χ2n) is 5.41. The topological polar surface area (TPSA) is 51.3 Å². The predicted molar refractivity (Wildman–Crippen MR) is 97.9 cm³/mol. The highest BCUT2D eigenvalue weighted by Crippen LogP contribution is 2.29. The van der Waals surface area contributed by atoms with Gasteiger partial charge in [0, 0.05) is 15.4 Å². The van der Waals surface area contributed by atoms with Crippen LogP contribution in [-0.2, 0) is 11.3 Å². The zero-order valence-corrected chi connectivity index (χ0v) is 15.5. The molecular formula is C18H15BrClNO3. The zero-order valence-electron chi connectivity index (χ0n) is 13.2. The fourth-order valence-electron chi connectivity index (χ4n) is 2.45. The van der Waals surface area contributed by atoms with Crippen molar-refractivity contribution in [3.8, 4) is 5.75 Å². The standard InChI is InChI=1S/C18H15BrClNO3/c1-10-3-4-13(7-14(10)18(22)23-2)24-9-12-5-11-6-15(19)16(20)8-17(11)21-12/h3-8,21H,9H2,1-2H3. The molecule has 0 aliphatic heterocycles. The predicted octanol–water partition coefficient (Wildman–Crippen LogP) is 5.26. The minimum atomic E-state index is -0.372. The van der Waals surface area contributed by atoms with Gasteiger partial charge in [0.1, 0.15) is 12.4 Å². The van der Waals surface area contributed by atoms with Gasteiger partial charge in [-0.3, -0.25) is 0 Å². The van der Waals surface area contributed by atoms with Crippen molar-refractivity contribution in [3.05, 3.63) is 62.7 Å². The van der Waals surface area contributed by atoms with Gasteiger partial charge in [-0.2, -0.15) is 0 Å². The number of methoxy groups -OCH3 is 1. The van der Waals surface area contributed by atoms with Crippen LogP contribution in [0, 0.1) is 6.92 Å². The van der Waals surface area contributed by atoms with Crippen molar-refractivity contribution in [2.75, 3.05) is 7.11 Å². The molecule has 3 rings (SSSR count). The van der Waals surface area contributed by atoms with Crippen LogP contribution in [-0.4, -0.2) is 18.1 Å². The summed E-state index contributed by atoms with van der Waals surface area (Å²) in [7, 11) is 1.36. The molecule has 3 aromatic rings. The molecule has 0 aliphatic rings. The van der Waals surface area contributed by atoms with Crippen molar-refractivity contribution < 1.29 is 14.3 Å². The van der Waals surface area contributed by atoms with Crippen molar-refractivity contribution in [1.82, 2.24) is 4.98 Å². The Morgan fingerprint density at radius 2 is 2.04 bits per heavy atom. The number of hydrogen-bond acceptors (Lipinski definition) is 3. The van der Waals surface area contributed by atoms with Gasteiger partial charge in [0.05, 0.1) is 23.4 Å². The Labute approximate surface area is 152 Å². The molecule has 1 heterocycles. The van der Waals surface area contributed by atoms with Crippen molar-refractivity contribution in [1.29, 1.82) is 0 Å². The highest BCUT2D eigenvalue weighted by Gasteiger charge is 2.11. The number of aryl methyl sites for hydroxylation is 1. The number of halogens is 2. The number of aromatic nitrogens is 1. The number of esters is 1. The number of carbonyl (C=O) groups is 1. The molecule has 0 spiro atoms. The van der Waals surface area contributed by atoms with Crippen molar-refractivity contribution in [3.63, 3.8) is 0 Å². The van der Waals surface area contributed by atoms with Crippen LogP contribution < -0.4 is 4.74 Å². The van der Waals surface area contributed by atoms with E-state index in [0.29, 0.717) is 22.9 Å². The molecule has 4 nitrogen and oxygen atoms in total. The summed E-state index contributed by atoms with van der Waals surface area (Å²) in [6.07, 6.45) is 0. The molecule has 0 radical (unpaired) electrons. The minimum Gasteiger partial charge on any atom is -0.487 e. The number of carbonyl (C=O) groups excluding carboxylic acids is 1. The van der Waals surface area contributed by atoms with Crippen molar-refractivity contribution in [2.45, 2.75) is 13.5 Å². The van der Waals surface area contributed by atoms with E-state index in [4.69, 9.17) is 21.1 Å². The molecule has 0 bridgehead atoms. The first-order valence-electron chi connectivity index (χ1n) is 7.26. The Balaban J connectivity index is 1.79. The van der Waals surface area contributed by atoms with E-state index in [1.807, 2.05) is 37.3 Å². The Hall–Kier alpha value is -1.98. The first-order chi connectivity index (χ1) is 11.5. The molecule has 124 valence electrons. The van der Waals surface area contributed by atoms with E-state index in [-0.39, 0.29) is 5.97 Å². The van der Waals surface area contributed by atoms with Crippen LogP contribution in [0.2, 0.25) is 5.02 Å². The van der Waals surface area contributed by atoms with E-state index in [1.165, 1.54) is 7.11 Å². The number of aromatic amines is 1. The van der Waals surface area contributed by atoms with Gasteiger partial charge >= 0.3 is 5.97 Å². The maximum Gasteiger partial charge on any atom is 0.338 e. The summed E-state index contributed by atoms with van der Waals surface area (Å²) in [6, 6.07) is 11.2. The molecule has 0 aliphatic carbocycles. The fraction of sp³-hybridized carbons (Fsp3) is 0.167. The third-order valence-corrected chi connectivity index (χ3v) is 4.92. The molecule has 1 N–H and O–H groups in total. The number of rotatable bonds is 4. The number of ether oxygens (including phenoxy) is 2. The van der Waals surface area contributed by atoms with E-state index in [2.05, 4.69) is 20.9 Å². The number of H-pyrrole nitrogens is 1. The number of fused-ring (bicyclic) bond motifs is 1. The highest BCUT2D eigenvalue weighted by molar-refractivity contribution is 9.10. The van der Waals surface area contributed by atoms with E-state index >= 15 is 0 Å². The molecule has 0 saturated heterocycles. The van der Waals surface area contributed by atoms with E-state index < -0.39 is 0 Å². The summed E-state index contributed by atoms with van der Waals surface area (Å²) in [5.74, 6) is 0.238. The fourth-order valence-corrected chi connectivity index (χ4v) is 2.97. The molecule has 0 fully saturated rings. The van der Waals surface area contributed by atoms with E-state index in [1.54, 1.807) is 6.07 Å². The maximum absolute atomic E-state index is 11.7. The molecule has 0 unspecified atom stereocenters. The molecule has 6 heteroatoms. The van der Waals surface area contributed by atoms with Crippen molar-refractivity contribution in [2.24, 2.45) is 0 Å². The largest absolute Gasteiger partial charge is 0.487 e. The average molecular weight is 409 g/mol. The average Bonchev–Trinajstić information content (AvgIpc) is 2.95. The minimum absolute atomic E-state index is 0.355. The molecule has 1 aromatic heterocycles. The van der Waals surface area contributed by atoms with Crippen LogP contribution in [0.1, 0.15) is 21.6 Å². The van der Waals surface area contributed by atoms with Gasteiger partial charge in [0.2, 0.25) is 0 Å². The third kappa shape index (κ3) is 3.42. The summed E-state index contributed by atoms with van der Waals surface area (Å²) in [4.78, 5) is 15.0. The first kappa shape index (κ1) is 16.9. The molecule has 2 aromatic carbocycles. The smallest absolute Gasteiger partial charge is 0.338 e. The maximum atomic E-state index is 11.7. The summed E-state index contributed by atoms with van der Waals surface area (Å²) < 4.78 is 11.4. The molecule has 0 amide bonds. The summed E-state index contributed by atoms with van der Waals surface area (Å²) >= 11 is 9.52. The second kappa shape index (κ2) is 6.87.